The van der Waals surface area contributed by atoms with E-state index in [0.29, 0.717) is 34.8 Å². The third kappa shape index (κ3) is 15.5. The summed E-state index contributed by atoms with van der Waals surface area (Å²) >= 11 is 0. The number of fused-ring (bicyclic) bond motifs is 2. The van der Waals surface area contributed by atoms with Crippen LogP contribution in [0, 0.1) is 0 Å². The molecule has 13 N–H and O–H groups in total. The van der Waals surface area contributed by atoms with Crippen LogP contribution >= 0.6 is 0 Å². The fourth-order valence-corrected chi connectivity index (χ4v) is 10.1. The van der Waals surface area contributed by atoms with Crippen molar-refractivity contribution in [3.63, 3.8) is 0 Å². The number of methoxy groups -OCH3 is 1. The lowest BCUT2D eigenvalue weighted by atomic mass is 9.99. The number of nitrogens with one attached hydrogen (secondary N) is 5. The molecule has 2 saturated heterocycles. The number of aryl methyl sites for hydroxylation is 3. The van der Waals surface area contributed by atoms with Gasteiger partial charge in [0.1, 0.15) is 47.8 Å². The topological polar surface area (TPSA) is 430 Å². The summed E-state index contributed by atoms with van der Waals surface area (Å²) in [5.41, 5.74) is 1.90. The monoisotopic (exact) mass is 1260 g/mol. The highest BCUT2D eigenvalue weighted by molar-refractivity contribution is 6.08. The minimum Gasteiger partial charge on any atom is -0.493 e. The molecule has 1 unspecified atom stereocenters. The first-order valence-corrected chi connectivity index (χ1v) is 28.2. The molecule has 2 fully saturated rings. The van der Waals surface area contributed by atoms with Crippen molar-refractivity contribution in [2.24, 2.45) is 27.0 Å². The molecule has 7 atom stereocenters. The zero-order valence-electron chi connectivity index (χ0n) is 49.4. The van der Waals surface area contributed by atoms with E-state index in [-0.39, 0.29) is 129 Å². The van der Waals surface area contributed by atoms with Gasteiger partial charge in [0.05, 0.1) is 73.5 Å². The van der Waals surface area contributed by atoms with Crippen molar-refractivity contribution in [1.82, 2.24) is 29.2 Å². The Morgan fingerprint density at radius 3 is 1.98 bits per heavy atom. The molecule has 0 aliphatic carbocycles. The Balaban J connectivity index is 0.912. The van der Waals surface area contributed by atoms with Crippen molar-refractivity contribution in [1.29, 1.82) is 0 Å². The maximum Gasteiger partial charge on any atom is 0.416 e. The Hall–Kier alpha value is -9.38. The summed E-state index contributed by atoms with van der Waals surface area (Å²) in [4.78, 5) is 114. The van der Waals surface area contributed by atoms with E-state index in [1.165, 1.54) is 75.9 Å². The van der Waals surface area contributed by atoms with Crippen molar-refractivity contribution in [2.45, 2.75) is 75.3 Å². The van der Waals surface area contributed by atoms with Crippen LogP contribution in [0.4, 0.5) is 27.5 Å². The van der Waals surface area contributed by atoms with E-state index in [1.807, 2.05) is 0 Å². The minimum atomic E-state index is -2.03. The van der Waals surface area contributed by atoms with Crippen LogP contribution in [0.3, 0.4) is 0 Å². The highest BCUT2D eigenvalue weighted by Crippen LogP contribution is 2.42. The van der Waals surface area contributed by atoms with Crippen molar-refractivity contribution in [3.8, 4) is 17.2 Å². The molecule has 3 aliphatic rings. The third-order valence-electron chi connectivity index (χ3n) is 14.7. The SMILES string of the molecule is C=C1C[C@H]2C(O)N(C(=O)OCc3ccc(O[C@@H]4O[C@H](C(=O)O)[C@@H](O)[C@H](O)[C@H]4O)c(C(=O)NCCOCCON)c3)c3cc(OCCCC(=O)Nc4cc(C(=O)Nc5cc(C(=O)Nc6cc(C(=O)NCCCO)n(C)c6)n(C)c5)n(C)c4)c(OC)cc3C(=O)N2C1. The predicted octanol–water partition coefficient (Wildman–Crippen LogP) is 0.279. The summed E-state index contributed by atoms with van der Waals surface area (Å²) in [5.74, 6) is -0.108. The van der Waals surface area contributed by atoms with Crippen LogP contribution < -0.4 is 51.6 Å². The minimum absolute atomic E-state index is 0.00642. The number of aliphatic hydroxyl groups is 5. The standard InChI is InChI=1S/C58H71N11O21/c1-30-18-41-55(80)69(58(83)87-29-31-9-10-42(36(19-31)50(75)61-12-15-85-16-17-88-59)89-57-48(74)46(72)47(73)49(90-57)56(81)82)37-24-44(43(84-5)23-35(37)54(79)68(41)25-30)86-14-6-8-45(71)62-32-20-39(66(3)26-32)52(77)64-34-22-40(67(4)28-34)53(78)63-33-21-38(65(2)27-33)51(76)60-11-7-13-70/h9-10,19-24,26-28,41,46-49,55,57,70,72-74,80H,1,6-8,11-18,25,29,59H2,2-5H3,(H,60,76)(H,61,75)(H,62,71)(H,63,78)(H,64,77)(H,81,82)/t41-,46-,47-,48+,49-,55?,57+/m0/s1. The highest BCUT2D eigenvalue weighted by atomic mass is 16.7. The lowest BCUT2D eigenvalue weighted by Gasteiger charge is -2.38. The van der Waals surface area contributed by atoms with Crippen molar-refractivity contribution >= 4 is 70.3 Å². The number of carboxylic acid groups (broad SMARTS) is 1. The van der Waals surface area contributed by atoms with Gasteiger partial charge in [-0.3, -0.25) is 28.8 Å². The number of rotatable bonds is 27. The molecule has 32 heteroatoms. The molecule has 90 heavy (non-hydrogen) atoms. The number of carbonyl (C=O) groups is 8. The number of aliphatic hydroxyl groups excluding tert-OH is 5. The van der Waals surface area contributed by atoms with Crippen LogP contribution in [0.2, 0.25) is 0 Å². The number of benzene rings is 2. The molecule has 484 valence electrons. The fourth-order valence-electron chi connectivity index (χ4n) is 10.1. The lowest BCUT2D eigenvalue weighted by molar-refractivity contribution is -0.271. The molecule has 3 aromatic heterocycles. The number of ether oxygens (including phenoxy) is 6. The number of hydrogen-bond acceptors (Lipinski definition) is 21. The zero-order valence-corrected chi connectivity index (χ0v) is 49.4. The van der Waals surface area contributed by atoms with Gasteiger partial charge in [-0.2, -0.15) is 0 Å². The van der Waals surface area contributed by atoms with E-state index >= 15 is 0 Å². The molecule has 0 radical (unpaired) electrons. The van der Waals surface area contributed by atoms with E-state index in [2.05, 4.69) is 38.0 Å². The Kier molecular flexibility index (Phi) is 22.0. The second kappa shape index (κ2) is 29.7. The largest absolute Gasteiger partial charge is 0.493 e. The number of anilines is 4. The van der Waals surface area contributed by atoms with Crippen LogP contribution in [-0.4, -0.2) is 200 Å². The number of carboxylic acids is 1. The fraction of sp³-hybridized carbons (Fsp3) is 0.414. The van der Waals surface area contributed by atoms with Crippen LogP contribution in [-0.2, 0) is 56.4 Å². The van der Waals surface area contributed by atoms with Gasteiger partial charge in [-0.15, -0.1) is 0 Å². The molecular weight excluding hydrogens is 1190 g/mol. The molecule has 0 spiro atoms. The Labute approximate surface area is 513 Å². The van der Waals surface area contributed by atoms with Gasteiger partial charge in [0, 0.05) is 78.5 Å². The van der Waals surface area contributed by atoms with Crippen LogP contribution in [0.1, 0.15) is 83.4 Å². The molecule has 8 rings (SSSR count). The average molecular weight is 1260 g/mol. The van der Waals surface area contributed by atoms with Crippen molar-refractivity contribution in [2.75, 3.05) is 80.6 Å². The van der Waals surface area contributed by atoms with Gasteiger partial charge in [-0.05, 0) is 61.2 Å². The first-order valence-electron chi connectivity index (χ1n) is 28.2. The van der Waals surface area contributed by atoms with Crippen LogP contribution in [0.25, 0.3) is 0 Å². The smallest absolute Gasteiger partial charge is 0.416 e. The number of nitrogens with two attached hydrogens (primary N) is 1. The number of hydrogen-bond donors (Lipinski definition) is 12. The van der Waals surface area contributed by atoms with Gasteiger partial charge in [0.25, 0.3) is 29.5 Å². The Bertz CT molecular complexity index is 3510. The van der Waals surface area contributed by atoms with E-state index < -0.39 is 91.2 Å². The van der Waals surface area contributed by atoms with Gasteiger partial charge < -0.3 is 109 Å². The molecule has 2 aromatic carbocycles. The highest BCUT2D eigenvalue weighted by Gasteiger charge is 2.49. The van der Waals surface area contributed by atoms with Gasteiger partial charge >= 0.3 is 12.1 Å². The lowest BCUT2D eigenvalue weighted by Crippen LogP contribution is -2.61. The molecule has 7 amide bonds. The Morgan fingerprint density at radius 1 is 0.722 bits per heavy atom. The van der Waals surface area contributed by atoms with Gasteiger partial charge in [0.15, 0.2) is 23.8 Å². The summed E-state index contributed by atoms with van der Waals surface area (Å²) < 4.78 is 38.4. The Morgan fingerprint density at radius 2 is 1.36 bits per heavy atom. The summed E-state index contributed by atoms with van der Waals surface area (Å²) in [6.07, 6.45) is -7.65. The molecule has 0 bridgehead atoms. The molecule has 3 aliphatic heterocycles. The van der Waals surface area contributed by atoms with E-state index in [9.17, 15) is 63.9 Å². The normalized spacial score (nSPS) is 19.5. The molecule has 0 saturated carbocycles. The summed E-state index contributed by atoms with van der Waals surface area (Å²) in [6, 6.07) is 9.94. The molecule has 6 heterocycles. The maximum absolute atomic E-state index is 14.4. The number of aromatic nitrogens is 3. The van der Waals surface area contributed by atoms with Crippen molar-refractivity contribution in [3.05, 3.63) is 113 Å². The summed E-state index contributed by atoms with van der Waals surface area (Å²) in [7, 11) is 6.20. The average Bonchev–Trinajstić information content (AvgIpc) is 2.04. The number of nitrogens with zero attached hydrogens (tertiary/aromatic N) is 5. The first kappa shape index (κ1) is 66.6. The first-order chi connectivity index (χ1) is 43.0. The second-order valence-corrected chi connectivity index (χ2v) is 21.2. The van der Waals surface area contributed by atoms with E-state index in [4.69, 9.17) is 39.4 Å². The number of carbonyl (C=O) groups excluding carboxylic acids is 7. The van der Waals surface area contributed by atoms with E-state index in [0.717, 1.165) is 4.90 Å². The zero-order chi connectivity index (χ0) is 65.1. The molecule has 5 aromatic rings. The maximum atomic E-state index is 14.4. The molecule has 32 nitrogen and oxygen atoms in total. The summed E-state index contributed by atoms with van der Waals surface area (Å²) in [5, 5.41) is 75.5. The summed E-state index contributed by atoms with van der Waals surface area (Å²) in [6.45, 7) is 3.71. The van der Waals surface area contributed by atoms with Crippen LogP contribution in [0.15, 0.2) is 79.3 Å². The third-order valence-corrected chi connectivity index (χ3v) is 14.7. The van der Waals surface area contributed by atoms with E-state index in [1.54, 1.807) is 38.1 Å². The quantitative estimate of drug-likeness (QED) is 0.0191. The van der Waals surface area contributed by atoms with Gasteiger partial charge in [-0.1, -0.05) is 18.2 Å². The number of aliphatic carboxylic acids is 1. The number of amides is 7. The van der Waals surface area contributed by atoms with Gasteiger partial charge in [-0.25, -0.2) is 20.4 Å². The molecular formula is C58H71N11O21. The predicted molar refractivity (Wildman–Crippen MR) is 314 cm³/mol. The van der Waals surface area contributed by atoms with Gasteiger partial charge in [0.2, 0.25) is 12.2 Å². The second-order valence-electron chi connectivity index (χ2n) is 21.2. The van der Waals surface area contributed by atoms with Crippen molar-refractivity contribution < 1.29 is 102 Å². The van der Waals surface area contributed by atoms with Crippen LogP contribution in [0.5, 0.6) is 17.2 Å².